The fourth-order valence-corrected chi connectivity index (χ4v) is 5.64. The maximum absolute atomic E-state index is 11.7. The molecule has 1 aliphatic rings. The van der Waals surface area contributed by atoms with Crippen LogP contribution >= 0.6 is 22.9 Å². The fourth-order valence-electron chi connectivity index (χ4n) is 2.93. The predicted octanol–water partition coefficient (Wildman–Crippen LogP) is 3.61. The molecule has 1 saturated heterocycles. The molecule has 2 aromatic heterocycles. The standard InChI is InChI=1S/C16H14ClN3O2S2/c17-11-3-1-10(2-4-11)13-7-23-16-14(13)15(18-9-19-16)20-12-5-6-24(21,22)8-12/h1-4,7,9,12H,5-6,8H2,(H,18,19,20)/t12-/m0/s1. The molecule has 1 aromatic carbocycles. The van der Waals surface area contributed by atoms with Crippen molar-refractivity contribution in [3.8, 4) is 11.1 Å². The van der Waals surface area contributed by atoms with Crippen LogP contribution in [0.3, 0.4) is 0 Å². The molecule has 124 valence electrons. The Kier molecular flexibility index (Phi) is 3.94. The number of thiophene rings is 1. The number of nitrogens with zero attached hydrogens (tertiary/aromatic N) is 2. The van der Waals surface area contributed by atoms with E-state index in [4.69, 9.17) is 11.6 Å². The van der Waals surface area contributed by atoms with E-state index in [0.717, 1.165) is 21.3 Å². The van der Waals surface area contributed by atoms with Crippen molar-refractivity contribution >= 4 is 48.8 Å². The lowest BCUT2D eigenvalue weighted by atomic mass is 10.1. The number of nitrogens with one attached hydrogen (secondary N) is 1. The van der Waals surface area contributed by atoms with Crippen molar-refractivity contribution in [3.05, 3.63) is 41.0 Å². The highest BCUT2D eigenvalue weighted by atomic mass is 35.5. The van der Waals surface area contributed by atoms with Gasteiger partial charge in [0.1, 0.15) is 17.0 Å². The number of hydrogen-bond acceptors (Lipinski definition) is 6. The quantitative estimate of drug-likeness (QED) is 0.752. The van der Waals surface area contributed by atoms with Crippen molar-refractivity contribution in [3.63, 3.8) is 0 Å². The number of benzene rings is 1. The first kappa shape index (κ1) is 15.8. The zero-order chi connectivity index (χ0) is 16.7. The lowest BCUT2D eigenvalue weighted by Crippen LogP contribution is -2.21. The molecule has 0 radical (unpaired) electrons. The maximum Gasteiger partial charge on any atom is 0.152 e. The first-order valence-electron chi connectivity index (χ1n) is 7.47. The maximum atomic E-state index is 11.7. The second kappa shape index (κ2) is 5.98. The second-order valence-corrected chi connectivity index (χ2v) is 9.33. The predicted molar refractivity (Wildman–Crippen MR) is 98.5 cm³/mol. The van der Waals surface area contributed by atoms with E-state index in [0.29, 0.717) is 17.3 Å². The van der Waals surface area contributed by atoms with Crippen molar-refractivity contribution in [2.75, 3.05) is 16.8 Å². The van der Waals surface area contributed by atoms with E-state index in [9.17, 15) is 8.42 Å². The third-order valence-corrected chi connectivity index (χ3v) is 7.01. The van der Waals surface area contributed by atoms with Crippen molar-refractivity contribution in [1.82, 2.24) is 9.97 Å². The summed E-state index contributed by atoms with van der Waals surface area (Å²) in [6, 6.07) is 7.51. The van der Waals surface area contributed by atoms with Gasteiger partial charge in [0.25, 0.3) is 0 Å². The van der Waals surface area contributed by atoms with Crippen molar-refractivity contribution in [2.24, 2.45) is 0 Å². The van der Waals surface area contributed by atoms with Crippen molar-refractivity contribution < 1.29 is 8.42 Å². The molecule has 3 aromatic rings. The van der Waals surface area contributed by atoms with Crippen LogP contribution in [-0.2, 0) is 9.84 Å². The molecule has 1 atom stereocenters. The van der Waals surface area contributed by atoms with E-state index in [1.807, 2.05) is 29.6 Å². The summed E-state index contributed by atoms with van der Waals surface area (Å²) in [5, 5.41) is 6.95. The van der Waals surface area contributed by atoms with Crippen LogP contribution in [0.2, 0.25) is 5.02 Å². The molecule has 8 heteroatoms. The molecule has 1 N–H and O–H groups in total. The topological polar surface area (TPSA) is 72.0 Å². The number of fused-ring (bicyclic) bond motifs is 1. The molecular weight excluding hydrogens is 366 g/mol. The Morgan fingerprint density at radius 3 is 2.71 bits per heavy atom. The average molecular weight is 380 g/mol. The molecule has 0 unspecified atom stereocenters. The zero-order valence-corrected chi connectivity index (χ0v) is 15.0. The van der Waals surface area contributed by atoms with Gasteiger partial charge in [-0.25, -0.2) is 18.4 Å². The summed E-state index contributed by atoms with van der Waals surface area (Å²) < 4.78 is 23.4. The Morgan fingerprint density at radius 1 is 1.21 bits per heavy atom. The Hall–Kier alpha value is -1.70. The summed E-state index contributed by atoms with van der Waals surface area (Å²) in [7, 11) is -2.94. The third kappa shape index (κ3) is 2.99. The molecule has 0 spiro atoms. The highest BCUT2D eigenvalue weighted by Gasteiger charge is 2.28. The fraction of sp³-hybridized carbons (Fsp3) is 0.250. The Bertz CT molecular complexity index is 1000. The highest BCUT2D eigenvalue weighted by Crippen LogP contribution is 2.37. The summed E-state index contributed by atoms with van der Waals surface area (Å²) >= 11 is 7.51. The Labute approximate surface area is 148 Å². The molecule has 4 rings (SSSR count). The molecule has 1 aliphatic heterocycles. The van der Waals surface area contributed by atoms with Gasteiger partial charge in [0, 0.05) is 22.0 Å². The number of sulfone groups is 1. The SMILES string of the molecule is O=S1(=O)CC[C@H](Nc2ncnc3scc(-c4ccc(Cl)cc4)c23)C1. The molecule has 0 bridgehead atoms. The van der Waals surface area contributed by atoms with Crippen LogP contribution < -0.4 is 5.32 Å². The van der Waals surface area contributed by atoms with Crippen molar-refractivity contribution in [2.45, 2.75) is 12.5 Å². The number of anilines is 1. The van der Waals surface area contributed by atoms with Crippen LogP contribution in [0.25, 0.3) is 21.3 Å². The van der Waals surface area contributed by atoms with Crippen molar-refractivity contribution in [1.29, 1.82) is 0 Å². The van der Waals surface area contributed by atoms with E-state index in [2.05, 4.69) is 15.3 Å². The molecule has 3 heterocycles. The molecule has 24 heavy (non-hydrogen) atoms. The molecule has 0 saturated carbocycles. The largest absolute Gasteiger partial charge is 0.366 e. The van der Waals surface area contributed by atoms with Gasteiger partial charge in [-0.2, -0.15) is 0 Å². The summed E-state index contributed by atoms with van der Waals surface area (Å²) in [6.07, 6.45) is 2.12. The number of rotatable bonds is 3. The van der Waals surface area contributed by atoms with E-state index in [-0.39, 0.29) is 17.5 Å². The van der Waals surface area contributed by atoms with Gasteiger partial charge in [-0.1, -0.05) is 23.7 Å². The lowest BCUT2D eigenvalue weighted by molar-refractivity contribution is 0.602. The normalized spacial score (nSPS) is 19.6. The summed E-state index contributed by atoms with van der Waals surface area (Å²) in [5.74, 6) is 1.07. The minimum Gasteiger partial charge on any atom is -0.366 e. The van der Waals surface area contributed by atoms with Crippen LogP contribution in [0, 0.1) is 0 Å². The van der Waals surface area contributed by atoms with Gasteiger partial charge in [-0.3, -0.25) is 0 Å². The third-order valence-electron chi connectivity index (χ3n) is 4.10. The summed E-state index contributed by atoms with van der Waals surface area (Å²) in [6.45, 7) is 0. The Morgan fingerprint density at radius 2 is 2.00 bits per heavy atom. The van der Waals surface area contributed by atoms with Gasteiger partial charge < -0.3 is 5.32 Å². The van der Waals surface area contributed by atoms with Gasteiger partial charge in [0.2, 0.25) is 0 Å². The average Bonchev–Trinajstić information content (AvgIpc) is 3.12. The molecule has 1 fully saturated rings. The summed E-state index contributed by atoms with van der Waals surface area (Å²) in [5.41, 5.74) is 2.05. The van der Waals surface area contributed by atoms with E-state index in [1.165, 1.54) is 6.33 Å². The van der Waals surface area contributed by atoms with Gasteiger partial charge in [0.05, 0.1) is 16.9 Å². The second-order valence-electron chi connectivity index (χ2n) is 5.80. The summed E-state index contributed by atoms with van der Waals surface area (Å²) in [4.78, 5) is 9.56. The van der Waals surface area contributed by atoms with Gasteiger partial charge in [-0.05, 0) is 24.1 Å². The lowest BCUT2D eigenvalue weighted by Gasteiger charge is -2.13. The van der Waals surface area contributed by atoms with Gasteiger partial charge >= 0.3 is 0 Å². The molecule has 0 aliphatic carbocycles. The number of halogens is 1. The Balaban J connectivity index is 1.76. The molecule has 0 amide bonds. The minimum atomic E-state index is -2.94. The van der Waals surface area contributed by atoms with Crippen LogP contribution in [-0.4, -0.2) is 35.9 Å². The van der Waals surface area contributed by atoms with Crippen LogP contribution in [0.15, 0.2) is 36.0 Å². The molecule has 5 nitrogen and oxygen atoms in total. The first-order valence-corrected chi connectivity index (χ1v) is 10.5. The number of aromatic nitrogens is 2. The number of hydrogen-bond donors (Lipinski definition) is 1. The van der Waals surface area contributed by atoms with E-state index >= 15 is 0 Å². The molecular formula is C16H14ClN3O2S2. The van der Waals surface area contributed by atoms with Crippen LogP contribution in [0.1, 0.15) is 6.42 Å². The van der Waals surface area contributed by atoms with Crippen LogP contribution in [0.5, 0.6) is 0 Å². The van der Waals surface area contributed by atoms with Gasteiger partial charge in [0.15, 0.2) is 9.84 Å². The smallest absolute Gasteiger partial charge is 0.152 e. The van der Waals surface area contributed by atoms with E-state index < -0.39 is 9.84 Å². The zero-order valence-electron chi connectivity index (χ0n) is 12.6. The van der Waals surface area contributed by atoms with Gasteiger partial charge in [-0.15, -0.1) is 11.3 Å². The first-order chi connectivity index (χ1) is 11.5. The van der Waals surface area contributed by atoms with Crippen LogP contribution in [0.4, 0.5) is 5.82 Å². The minimum absolute atomic E-state index is 0.105. The van der Waals surface area contributed by atoms with E-state index in [1.54, 1.807) is 11.3 Å². The monoisotopic (exact) mass is 379 g/mol. The highest BCUT2D eigenvalue weighted by molar-refractivity contribution is 7.91.